The fourth-order valence-electron chi connectivity index (χ4n) is 2.80. The fourth-order valence-corrected chi connectivity index (χ4v) is 2.80. The van der Waals surface area contributed by atoms with Gasteiger partial charge in [-0.05, 0) is 48.4 Å². The summed E-state index contributed by atoms with van der Waals surface area (Å²) in [7, 11) is 0. The summed E-state index contributed by atoms with van der Waals surface area (Å²) in [5, 5.41) is 2.96. The Kier molecular flexibility index (Phi) is 6.21. The number of aromatic nitrogens is 1. The minimum atomic E-state index is -0.291. The molecular formula is C23H25N2O2+. The molecular weight excluding hydrogens is 336 g/mol. The molecule has 0 aliphatic rings. The van der Waals surface area contributed by atoms with Crippen molar-refractivity contribution >= 4 is 11.6 Å². The standard InChI is InChI=1S/C23H24N2O2/c1-3-7-19-14-16-25(17-15-19)18(2)23(26)24-20-10-12-22(13-11-20)27-21-8-5-4-6-9-21/h4-6,8-18H,3,7H2,1-2H3/p+1/t18-/m0/s1. The van der Waals surface area contributed by atoms with Crippen molar-refractivity contribution in [3.05, 3.63) is 84.7 Å². The van der Waals surface area contributed by atoms with Crippen molar-refractivity contribution in [1.82, 2.24) is 0 Å². The van der Waals surface area contributed by atoms with Crippen molar-refractivity contribution in [2.75, 3.05) is 5.32 Å². The van der Waals surface area contributed by atoms with Crippen LogP contribution in [-0.2, 0) is 11.2 Å². The highest BCUT2D eigenvalue weighted by atomic mass is 16.5. The highest BCUT2D eigenvalue weighted by molar-refractivity contribution is 5.92. The first-order valence-corrected chi connectivity index (χ1v) is 9.29. The zero-order valence-electron chi connectivity index (χ0n) is 15.8. The fraction of sp³-hybridized carbons (Fsp3) is 0.217. The number of aryl methyl sites for hydroxylation is 1. The van der Waals surface area contributed by atoms with Gasteiger partial charge in [0.25, 0.3) is 5.91 Å². The van der Waals surface area contributed by atoms with E-state index >= 15 is 0 Å². The van der Waals surface area contributed by atoms with E-state index in [1.54, 1.807) is 0 Å². The molecule has 1 heterocycles. The summed E-state index contributed by atoms with van der Waals surface area (Å²) in [5.74, 6) is 1.46. The van der Waals surface area contributed by atoms with E-state index in [0.717, 1.165) is 30.0 Å². The van der Waals surface area contributed by atoms with E-state index in [1.807, 2.05) is 78.5 Å². The number of ether oxygens (including phenoxy) is 1. The number of pyridine rings is 1. The van der Waals surface area contributed by atoms with E-state index in [9.17, 15) is 4.79 Å². The maximum Gasteiger partial charge on any atom is 0.293 e. The molecule has 3 aromatic rings. The molecule has 0 aliphatic heterocycles. The highest BCUT2D eigenvalue weighted by Gasteiger charge is 2.21. The molecule has 0 aliphatic carbocycles. The number of hydrogen-bond acceptors (Lipinski definition) is 2. The molecule has 2 aromatic carbocycles. The number of nitrogens with one attached hydrogen (secondary N) is 1. The number of carbonyl (C=O) groups excluding carboxylic acids is 1. The van der Waals surface area contributed by atoms with Gasteiger partial charge in [0.05, 0.1) is 0 Å². The molecule has 0 saturated carbocycles. The lowest BCUT2D eigenvalue weighted by Crippen LogP contribution is -2.44. The summed E-state index contributed by atoms with van der Waals surface area (Å²) in [6.45, 7) is 4.05. The highest BCUT2D eigenvalue weighted by Crippen LogP contribution is 2.22. The Labute approximate surface area is 160 Å². The largest absolute Gasteiger partial charge is 0.457 e. The molecule has 4 heteroatoms. The number of nitrogens with zero attached hydrogens (tertiary/aromatic N) is 1. The summed E-state index contributed by atoms with van der Waals surface area (Å²) in [5.41, 5.74) is 2.03. The first kappa shape index (κ1) is 18.6. The second-order valence-corrected chi connectivity index (χ2v) is 6.51. The molecule has 1 amide bonds. The molecule has 4 nitrogen and oxygen atoms in total. The van der Waals surface area contributed by atoms with Crippen LogP contribution in [0.2, 0.25) is 0 Å². The van der Waals surface area contributed by atoms with Crippen LogP contribution in [0.5, 0.6) is 11.5 Å². The number of anilines is 1. The van der Waals surface area contributed by atoms with Gasteiger partial charge in [0, 0.05) is 24.7 Å². The van der Waals surface area contributed by atoms with Gasteiger partial charge in [-0.25, -0.2) is 0 Å². The molecule has 0 fully saturated rings. The quantitative estimate of drug-likeness (QED) is 0.607. The van der Waals surface area contributed by atoms with Crippen LogP contribution in [-0.4, -0.2) is 5.91 Å². The number of para-hydroxylation sites is 1. The van der Waals surface area contributed by atoms with Gasteiger partial charge in [0.1, 0.15) is 11.5 Å². The Hall–Kier alpha value is -3.14. The Morgan fingerprint density at radius 1 is 0.963 bits per heavy atom. The SMILES string of the molecule is CCCc1cc[n+]([C@@H](C)C(=O)Nc2ccc(Oc3ccccc3)cc2)cc1. The summed E-state index contributed by atoms with van der Waals surface area (Å²) in [6, 6.07) is 20.8. The van der Waals surface area contributed by atoms with Crippen LogP contribution in [0, 0.1) is 0 Å². The van der Waals surface area contributed by atoms with Gasteiger partial charge in [-0.3, -0.25) is 4.79 Å². The number of hydrogen-bond donors (Lipinski definition) is 1. The third-order valence-corrected chi connectivity index (χ3v) is 4.39. The van der Waals surface area contributed by atoms with Gasteiger partial charge in [0.15, 0.2) is 12.4 Å². The van der Waals surface area contributed by atoms with Crippen LogP contribution in [0.4, 0.5) is 5.69 Å². The first-order valence-electron chi connectivity index (χ1n) is 9.29. The maximum atomic E-state index is 12.5. The smallest absolute Gasteiger partial charge is 0.293 e. The second kappa shape index (κ2) is 8.99. The molecule has 0 saturated heterocycles. The molecule has 27 heavy (non-hydrogen) atoms. The lowest BCUT2D eigenvalue weighted by atomic mass is 10.1. The number of benzene rings is 2. The van der Waals surface area contributed by atoms with Crippen LogP contribution in [0.1, 0.15) is 31.9 Å². The van der Waals surface area contributed by atoms with Crippen LogP contribution in [0.25, 0.3) is 0 Å². The van der Waals surface area contributed by atoms with Crippen molar-refractivity contribution in [3.8, 4) is 11.5 Å². The number of carbonyl (C=O) groups is 1. The van der Waals surface area contributed by atoms with E-state index < -0.39 is 0 Å². The van der Waals surface area contributed by atoms with Gasteiger partial charge in [-0.2, -0.15) is 4.57 Å². The van der Waals surface area contributed by atoms with E-state index in [2.05, 4.69) is 24.4 Å². The minimum absolute atomic E-state index is 0.0556. The van der Waals surface area contributed by atoms with E-state index in [-0.39, 0.29) is 11.9 Å². The van der Waals surface area contributed by atoms with Crippen LogP contribution < -0.4 is 14.6 Å². The molecule has 0 bridgehead atoms. The van der Waals surface area contributed by atoms with Gasteiger partial charge in [-0.15, -0.1) is 0 Å². The van der Waals surface area contributed by atoms with Crippen molar-refractivity contribution in [1.29, 1.82) is 0 Å². The lowest BCUT2D eigenvalue weighted by molar-refractivity contribution is -0.705. The summed E-state index contributed by atoms with van der Waals surface area (Å²) in [4.78, 5) is 12.5. The minimum Gasteiger partial charge on any atom is -0.457 e. The normalized spacial score (nSPS) is 11.6. The first-order chi connectivity index (χ1) is 13.2. The van der Waals surface area contributed by atoms with E-state index in [4.69, 9.17) is 4.74 Å². The number of rotatable bonds is 7. The maximum absolute atomic E-state index is 12.5. The average molecular weight is 361 g/mol. The Morgan fingerprint density at radius 3 is 2.22 bits per heavy atom. The molecule has 0 radical (unpaired) electrons. The third kappa shape index (κ3) is 5.17. The van der Waals surface area contributed by atoms with E-state index in [1.165, 1.54) is 5.56 Å². The molecule has 0 unspecified atom stereocenters. The van der Waals surface area contributed by atoms with Gasteiger partial charge in [0.2, 0.25) is 6.04 Å². The summed E-state index contributed by atoms with van der Waals surface area (Å²) in [6.07, 6.45) is 6.10. The lowest BCUT2D eigenvalue weighted by Gasteiger charge is -2.10. The molecule has 1 aromatic heterocycles. The Morgan fingerprint density at radius 2 is 1.59 bits per heavy atom. The van der Waals surface area contributed by atoms with Crippen LogP contribution >= 0.6 is 0 Å². The van der Waals surface area contributed by atoms with Crippen molar-refractivity contribution in [3.63, 3.8) is 0 Å². The molecule has 138 valence electrons. The van der Waals surface area contributed by atoms with Gasteiger partial charge in [-0.1, -0.05) is 31.5 Å². The molecule has 1 atom stereocenters. The molecule has 1 N–H and O–H groups in total. The second-order valence-electron chi connectivity index (χ2n) is 6.51. The topological polar surface area (TPSA) is 42.2 Å². The van der Waals surface area contributed by atoms with Crippen LogP contribution in [0.3, 0.4) is 0 Å². The predicted octanol–water partition coefficient (Wildman–Crippen LogP) is 4.92. The monoisotopic (exact) mass is 361 g/mol. The van der Waals surface area contributed by atoms with Gasteiger partial charge >= 0.3 is 0 Å². The van der Waals surface area contributed by atoms with E-state index in [0.29, 0.717) is 0 Å². The zero-order chi connectivity index (χ0) is 19.1. The van der Waals surface area contributed by atoms with Crippen molar-refractivity contribution in [2.24, 2.45) is 0 Å². The summed E-state index contributed by atoms with van der Waals surface area (Å²) >= 11 is 0. The Balaban J connectivity index is 1.59. The van der Waals surface area contributed by atoms with Crippen molar-refractivity contribution < 1.29 is 14.1 Å². The molecule has 3 rings (SSSR count). The molecule has 0 spiro atoms. The van der Waals surface area contributed by atoms with Crippen molar-refractivity contribution in [2.45, 2.75) is 32.7 Å². The Bertz CT molecular complexity index is 859. The third-order valence-electron chi connectivity index (χ3n) is 4.39. The van der Waals surface area contributed by atoms with Gasteiger partial charge < -0.3 is 10.1 Å². The predicted molar refractivity (Wildman–Crippen MR) is 107 cm³/mol. The summed E-state index contributed by atoms with van der Waals surface area (Å²) < 4.78 is 7.69. The average Bonchev–Trinajstić information content (AvgIpc) is 2.70. The zero-order valence-corrected chi connectivity index (χ0v) is 15.8. The van der Waals surface area contributed by atoms with Crippen LogP contribution in [0.15, 0.2) is 79.1 Å². The number of amides is 1.